The maximum Gasteiger partial charge on any atom is 0.224 e. The number of carbonyl (C=O) groups excluding carboxylic acids is 1. The summed E-state index contributed by atoms with van der Waals surface area (Å²) < 4.78 is 0. The number of halogens is 2. The molecule has 1 fully saturated rings. The minimum Gasteiger partial charge on any atom is -0.355 e. The van der Waals surface area contributed by atoms with Gasteiger partial charge in [-0.15, -0.1) is 24.8 Å². The van der Waals surface area contributed by atoms with Crippen LogP contribution in [-0.4, -0.2) is 43.5 Å². The van der Waals surface area contributed by atoms with E-state index in [2.05, 4.69) is 39.8 Å². The number of hydrogen-bond donors (Lipinski definition) is 2. The van der Waals surface area contributed by atoms with Crippen LogP contribution in [-0.2, 0) is 17.8 Å². The lowest BCUT2D eigenvalue weighted by molar-refractivity contribution is -0.125. The topological polar surface area (TPSA) is 44.4 Å². The minimum atomic E-state index is 0. The summed E-state index contributed by atoms with van der Waals surface area (Å²) in [5, 5.41) is 6.40. The third-order valence-corrected chi connectivity index (χ3v) is 4.60. The minimum absolute atomic E-state index is 0. The SMILES string of the molecule is Cl.Cl.O=C(NCCN1CCc2ccccc2C1)C1CCCNC1. The van der Waals surface area contributed by atoms with Gasteiger partial charge < -0.3 is 10.6 Å². The molecule has 1 amide bonds. The normalized spacial score (nSPS) is 20.6. The molecular formula is C17H27Cl2N3O. The van der Waals surface area contributed by atoms with Gasteiger partial charge in [0.1, 0.15) is 0 Å². The van der Waals surface area contributed by atoms with E-state index in [9.17, 15) is 4.79 Å². The molecular weight excluding hydrogens is 333 g/mol. The lowest BCUT2D eigenvalue weighted by Crippen LogP contribution is -2.43. The first-order chi connectivity index (χ1) is 10.3. The van der Waals surface area contributed by atoms with Gasteiger partial charge in [0.15, 0.2) is 0 Å². The Bertz CT molecular complexity index is 492. The zero-order valence-corrected chi connectivity index (χ0v) is 15.1. The fraction of sp³-hybridized carbons (Fsp3) is 0.588. The summed E-state index contributed by atoms with van der Waals surface area (Å²) in [5.74, 6) is 0.389. The Balaban J connectivity index is 0.00000132. The monoisotopic (exact) mass is 359 g/mol. The molecule has 0 aromatic heterocycles. The summed E-state index contributed by atoms with van der Waals surface area (Å²) >= 11 is 0. The fourth-order valence-electron chi connectivity index (χ4n) is 3.30. The van der Waals surface area contributed by atoms with E-state index in [4.69, 9.17) is 0 Å². The summed E-state index contributed by atoms with van der Waals surface area (Å²) in [5.41, 5.74) is 2.91. The highest BCUT2D eigenvalue weighted by molar-refractivity contribution is 5.85. The van der Waals surface area contributed by atoms with Gasteiger partial charge in [-0.2, -0.15) is 0 Å². The first-order valence-corrected chi connectivity index (χ1v) is 8.10. The number of fused-ring (bicyclic) bond motifs is 1. The van der Waals surface area contributed by atoms with Crippen molar-refractivity contribution in [2.24, 2.45) is 5.92 Å². The molecule has 0 aliphatic carbocycles. The van der Waals surface area contributed by atoms with Gasteiger partial charge in [0, 0.05) is 32.7 Å². The standard InChI is InChI=1S/C17H25N3O.2ClH/c21-17(15-6-3-8-18-12-15)19-9-11-20-10-7-14-4-1-2-5-16(14)13-20;;/h1-2,4-5,15,18H,3,6-13H2,(H,19,21);2*1H. The Hall–Kier alpha value is -0.810. The number of carbonyl (C=O) groups is 1. The van der Waals surface area contributed by atoms with Gasteiger partial charge in [-0.05, 0) is 36.9 Å². The molecule has 1 atom stereocenters. The second-order valence-electron chi connectivity index (χ2n) is 6.13. The molecule has 2 aliphatic heterocycles. The van der Waals surface area contributed by atoms with Gasteiger partial charge in [0.2, 0.25) is 5.91 Å². The van der Waals surface area contributed by atoms with Crippen LogP contribution in [0, 0.1) is 5.92 Å². The number of amides is 1. The van der Waals surface area contributed by atoms with Crippen molar-refractivity contribution in [2.75, 3.05) is 32.7 Å². The van der Waals surface area contributed by atoms with Gasteiger partial charge in [-0.1, -0.05) is 24.3 Å². The van der Waals surface area contributed by atoms with E-state index in [1.165, 1.54) is 11.1 Å². The van der Waals surface area contributed by atoms with E-state index in [0.717, 1.165) is 58.5 Å². The number of hydrogen-bond acceptors (Lipinski definition) is 3. The maximum absolute atomic E-state index is 12.1. The van der Waals surface area contributed by atoms with Crippen LogP contribution < -0.4 is 10.6 Å². The Morgan fingerprint density at radius 2 is 2.04 bits per heavy atom. The average Bonchev–Trinajstić information content (AvgIpc) is 2.55. The van der Waals surface area contributed by atoms with E-state index in [0.29, 0.717) is 0 Å². The van der Waals surface area contributed by atoms with Crippen molar-refractivity contribution in [1.29, 1.82) is 0 Å². The van der Waals surface area contributed by atoms with Crippen LogP contribution in [0.2, 0.25) is 0 Å². The molecule has 2 heterocycles. The molecule has 4 nitrogen and oxygen atoms in total. The van der Waals surface area contributed by atoms with Crippen molar-refractivity contribution in [1.82, 2.24) is 15.5 Å². The van der Waals surface area contributed by atoms with Crippen molar-refractivity contribution < 1.29 is 4.79 Å². The number of benzene rings is 1. The molecule has 130 valence electrons. The Morgan fingerprint density at radius 1 is 1.26 bits per heavy atom. The summed E-state index contributed by atoms with van der Waals surface area (Å²) in [6, 6.07) is 8.67. The van der Waals surface area contributed by atoms with Crippen molar-refractivity contribution in [3.63, 3.8) is 0 Å². The molecule has 1 aromatic rings. The quantitative estimate of drug-likeness (QED) is 0.863. The van der Waals surface area contributed by atoms with Crippen LogP contribution in [0.15, 0.2) is 24.3 Å². The van der Waals surface area contributed by atoms with Gasteiger partial charge in [0.25, 0.3) is 0 Å². The Labute approximate surface area is 151 Å². The van der Waals surface area contributed by atoms with Crippen LogP contribution in [0.1, 0.15) is 24.0 Å². The van der Waals surface area contributed by atoms with Gasteiger partial charge in [-0.25, -0.2) is 0 Å². The predicted molar refractivity (Wildman–Crippen MR) is 98.5 cm³/mol. The number of nitrogens with one attached hydrogen (secondary N) is 2. The van der Waals surface area contributed by atoms with E-state index in [1.54, 1.807) is 0 Å². The molecule has 0 radical (unpaired) electrons. The Morgan fingerprint density at radius 3 is 2.78 bits per heavy atom. The smallest absolute Gasteiger partial charge is 0.224 e. The molecule has 1 saturated heterocycles. The molecule has 0 spiro atoms. The molecule has 2 N–H and O–H groups in total. The molecule has 6 heteroatoms. The highest BCUT2D eigenvalue weighted by atomic mass is 35.5. The van der Waals surface area contributed by atoms with Crippen molar-refractivity contribution in [2.45, 2.75) is 25.8 Å². The van der Waals surface area contributed by atoms with E-state index in [1.807, 2.05) is 0 Å². The lowest BCUT2D eigenvalue weighted by atomic mass is 9.99. The van der Waals surface area contributed by atoms with Crippen molar-refractivity contribution >= 4 is 30.7 Å². The maximum atomic E-state index is 12.1. The van der Waals surface area contributed by atoms with Crippen molar-refractivity contribution in [3.8, 4) is 0 Å². The van der Waals surface area contributed by atoms with Crippen LogP contribution in [0.5, 0.6) is 0 Å². The first kappa shape index (κ1) is 20.2. The zero-order chi connectivity index (χ0) is 14.5. The van der Waals surface area contributed by atoms with Crippen LogP contribution in [0.4, 0.5) is 0 Å². The van der Waals surface area contributed by atoms with Gasteiger partial charge >= 0.3 is 0 Å². The third kappa shape index (κ3) is 5.64. The van der Waals surface area contributed by atoms with Gasteiger partial charge in [0.05, 0.1) is 5.92 Å². The van der Waals surface area contributed by atoms with Crippen molar-refractivity contribution in [3.05, 3.63) is 35.4 Å². The summed E-state index contributed by atoms with van der Waals surface area (Å²) in [4.78, 5) is 14.5. The number of nitrogens with zero attached hydrogens (tertiary/aromatic N) is 1. The average molecular weight is 360 g/mol. The Kier molecular flexibility index (Phi) is 8.92. The molecule has 1 aromatic carbocycles. The lowest BCUT2D eigenvalue weighted by Gasteiger charge is -2.29. The molecule has 1 unspecified atom stereocenters. The number of piperidine rings is 1. The predicted octanol–water partition coefficient (Wildman–Crippen LogP) is 2.00. The summed E-state index contributed by atoms with van der Waals surface area (Å²) in [6.07, 6.45) is 3.26. The third-order valence-electron chi connectivity index (χ3n) is 4.60. The van der Waals surface area contributed by atoms with Gasteiger partial charge in [-0.3, -0.25) is 9.69 Å². The molecule has 0 bridgehead atoms. The summed E-state index contributed by atoms with van der Waals surface area (Å²) in [6.45, 7) is 5.70. The molecule has 23 heavy (non-hydrogen) atoms. The second kappa shape index (κ2) is 10.1. The molecule has 3 rings (SSSR count). The highest BCUT2D eigenvalue weighted by Crippen LogP contribution is 2.17. The fourth-order valence-corrected chi connectivity index (χ4v) is 3.30. The van der Waals surface area contributed by atoms with E-state index >= 15 is 0 Å². The van der Waals surface area contributed by atoms with E-state index in [-0.39, 0.29) is 36.6 Å². The van der Waals surface area contributed by atoms with Crippen LogP contribution in [0.3, 0.4) is 0 Å². The zero-order valence-electron chi connectivity index (χ0n) is 13.4. The molecule has 0 saturated carbocycles. The highest BCUT2D eigenvalue weighted by Gasteiger charge is 2.21. The second-order valence-corrected chi connectivity index (χ2v) is 6.13. The summed E-state index contributed by atoms with van der Waals surface area (Å²) in [7, 11) is 0. The van der Waals surface area contributed by atoms with Crippen LogP contribution >= 0.6 is 24.8 Å². The largest absolute Gasteiger partial charge is 0.355 e. The number of rotatable bonds is 4. The van der Waals surface area contributed by atoms with E-state index < -0.39 is 0 Å². The first-order valence-electron chi connectivity index (χ1n) is 8.10. The van der Waals surface area contributed by atoms with Crippen LogP contribution in [0.25, 0.3) is 0 Å². The molecule has 2 aliphatic rings.